The summed E-state index contributed by atoms with van der Waals surface area (Å²) in [6, 6.07) is 5.17. The Morgan fingerprint density at radius 1 is 1.32 bits per heavy atom. The van der Waals surface area contributed by atoms with Crippen molar-refractivity contribution in [1.82, 2.24) is 24.6 Å². The monoisotopic (exact) mass is 380 g/mol. The third-order valence-electron chi connectivity index (χ3n) is 5.79. The van der Waals surface area contributed by atoms with Crippen molar-refractivity contribution in [3.05, 3.63) is 42.2 Å². The van der Waals surface area contributed by atoms with Crippen molar-refractivity contribution >= 4 is 17.5 Å². The van der Waals surface area contributed by atoms with E-state index < -0.39 is 5.91 Å². The highest BCUT2D eigenvalue weighted by atomic mass is 16.3. The number of nitrogens with two attached hydrogens (primary N) is 1. The zero-order valence-corrected chi connectivity index (χ0v) is 15.2. The Morgan fingerprint density at radius 3 is 2.93 bits per heavy atom. The molecule has 2 fully saturated rings. The molecule has 3 aromatic heterocycles. The van der Waals surface area contributed by atoms with E-state index in [0.717, 1.165) is 32.5 Å². The Labute approximate surface area is 160 Å². The van der Waals surface area contributed by atoms with Gasteiger partial charge in [0.15, 0.2) is 17.1 Å². The van der Waals surface area contributed by atoms with E-state index in [1.807, 2.05) is 4.90 Å². The standard InChI is InChI=1S/C19H20N6O3/c20-16(26)15-17-23-12(14-2-1-7-28-14)8-13(25(17)11-22-15)18(27)24-6-4-19(10-24)3-5-21-9-19/h1-2,7-8,11,21H,3-6,9-10H2,(H2,20,26). The molecule has 1 atom stereocenters. The van der Waals surface area contributed by atoms with Gasteiger partial charge in [0, 0.05) is 25.0 Å². The van der Waals surface area contributed by atoms with Gasteiger partial charge in [-0.15, -0.1) is 0 Å². The number of likely N-dealkylation sites (tertiary alicyclic amines) is 1. The lowest BCUT2D eigenvalue weighted by atomic mass is 9.86. The predicted octanol–water partition coefficient (Wildman–Crippen LogP) is 0.914. The zero-order valence-electron chi connectivity index (χ0n) is 15.2. The highest BCUT2D eigenvalue weighted by Crippen LogP contribution is 2.36. The summed E-state index contributed by atoms with van der Waals surface area (Å²) in [5.74, 6) is -0.300. The lowest BCUT2D eigenvalue weighted by Gasteiger charge is -2.23. The summed E-state index contributed by atoms with van der Waals surface area (Å²) in [5, 5.41) is 3.40. The Bertz CT molecular complexity index is 1060. The Morgan fingerprint density at radius 2 is 2.21 bits per heavy atom. The van der Waals surface area contributed by atoms with Gasteiger partial charge < -0.3 is 20.4 Å². The number of nitrogens with zero attached hydrogens (tertiary/aromatic N) is 4. The Kier molecular flexibility index (Phi) is 3.73. The van der Waals surface area contributed by atoms with Gasteiger partial charge in [0.2, 0.25) is 0 Å². The number of hydrogen-bond donors (Lipinski definition) is 2. The van der Waals surface area contributed by atoms with E-state index in [2.05, 4.69) is 15.3 Å². The van der Waals surface area contributed by atoms with Gasteiger partial charge >= 0.3 is 0 Å². The van der Waals surface area contributed by atoms with Crippen molar-refractivity contribution in [2.45, 2.75) is 12.8 Å². The molecule has 1 spiro atoms. The van der Waals surface area contributed by atoms with Gasteiger partial charge in [0.1, 0.15) is 17.7 Å². The number of aromatic nitrogens is 3. The van der Waals surface area contributed by atoms with E-state index in [0.29, 0.717) is 23.7 Å². The minimum atomic E-state index is -0.692. The summed E-state index contributed by atoms with van der Waals surface area (Å²) in [6.07, 6.45) is 5.02. The van der Waals surface area contributed by atoms with E-state index in [-0.39, 0.29) is 22.7 Å². The lowest BCUT2D eigenvalue weighted by molar-refractivity contribution is 0.0768. The highest BCUT2D eigenvalue weighted by Gasteiger charge is 2.42. The molecule has 2 amide bonds. The topological polar surface area (TPSA) is 119 Å². The van der Waals surface area contributed by atoms with E-state index in [1.54, 1.807) is 18.2 Å². The fourth-order valence-electron chi connectivity index (χ4n) is 4.27. The van der Waals surface area contributed by atoms with Crippen LogP contribution in [0.1, 0.15) is 33.8 Å². The SMILES string of the molecule is NC(=O)c1ncn2c(C(=O)N3CCC4(CCNC4)C3)cc(-c3ccco3)nc12. The minimum Gasteiger partial charge on any atom is -0.463 e. The van der Waals surface area contributed by atoms with E-state index in [4.69, 9.17) is 10.2 Å². The summed E-state index contributed by atoms with van der Waals surface area (Å²) in [6.45, 7) is 3.36. The van der Waals surface area contributed by atoms with Gasteiger partial charge in [-0.1, -0.05) is 0 Å². The van der Waals surface area contributed by atoms with Crippen LogP contribution in [-0.4, -0.2) is 57.3 Å². The van der Waals surface area contributed by atoms with Crippen LogP contribution in [0.4, 0.5) is 0 Å². The van der Waals surface area contributed by atoms with Crippen molar-refractivity contribution in [3.63, 3.8) is 0 Å². The van der Waals surface area contributed by atoms with Gasteiger partial charge in [0.05, 0.1) is 6.26 Å². The molecule has 9 heteroatoms. The molecular weight excluding hydrogens is 360 g/mol. The molecule has 9 nitrogen and oxygen atoms in total. The van der Waals surface area contributed by atoms with Crippen LogP contribution in [-0.2, 0) is 0 Å². The second-order valence-corrected chi connectivity index (χ2v) is 7.56. The highest BCUT2D eigenvalue weighted by molar-refractivity contribution is 5.99. The second kappa shape index (κ2) is 6.16. The molecule has 2 saturated heterocycles. The molecule has 144 valence electrons. The summed E-state index contributed by atoms with van der Waals surface area (Å²) in [4.78, 5) is 35.6. The number of carbonyl (C=O) groups is 2. The predicted molar refractivity (Wildman–Crippen MR) is 99.6 cm³/mol. The normalized spacial score (nSPS) is 21.8. The molecule has 2 aliphatic heterocycles. The molecule has 0 radical (unpaired) electrons. The third kappa shape index (κ3) is 2.58. The molecule has 0 bridgehead atoms. The van der Waals surface area contributed by atoms with Gasteiger partial charge in [-0.25, -0.2) is 9.97 Å². The van der Waals surface area contributed by atoms with Crippen LogP contribution < -0.4 is 11.1 Å². The first-order valence-corrected chi connectivity index (χ1v) is 9.28. The molecule has 0 saturated carbocycles. The quantitative estimate of drug-likeness (QED) is 0.697. The van der Waals surface area contributed by atoms with E-state index in [9.17, 15) is 9.59 Å². The maximum absolute atomic E-state index is 13.4. The smallest absolute Gasteiger partial charge is 0.271 e. The molecule has 0 aromatic carbocycles. The number of imidazole rings is 1. The van der Waals surface area contributed by atoms with Gasteiger partial charge in [-0.05, 0) is 37.6 Å². The number of fused-ring (bicyclic) bond motifs is 1. The maximum Gasteiger partial charge on any atom is 0.271 e. The molecule has 3 aromatic rings. The second-order valence-electron chi connectivity index (χ2n) is 7.56. The molecule has 2 aliphatic rings. The average Bonchev–Trinajstić information content (AvgIpc) is 3.48. The summed E-state index contributed by atoms with van der Waals surface area (Å²) < 4.78 is 6.97. The minimum absolute atomic E-state index is 0.0281. The molecule has 0 aliphatic carbocycles. The van der Waals surface area contributed by atoms with Crippen molar-refractivity contribution in [3.8, 4) is 11.5 Å². The number of furan rings is 1. The van der Waals surface area contributed by atoms with Crippen LogP contribution in [0.3, 0.4) is 0 Å². The molecule has 28 heavy (non-hydrogen) atoms. The molecule has 3 N–H and O–H groups in total. The van der Waals surface area contributed by atoms with Crippen LogP contribution in [0.2, 0.25) is 0 Å². The van der Waals surface area contributed by atoms with Crippen LogP contribution in [0.5, 0.6) is 0 Å². The van der Waals surface area contributed by atoms with Gasteiger partial charge in [-0.2, -0.15) is 0 Å². The van der Waals surface area contributed by atoms with Crippen molar-refractivity contribution in [1.29, 1.82) is 0 Å². The molecular formula is C19H20N6O3. The number of carbonyl (C=O) groups excluding carboxylic acids is 2. The van der Waals surface area contributed by atoms with Gasteiger partial charge in [-0.3, -0.25) is 14.0 Å². The number of primary amides is 1. The van der Waals surface area contributed by atoms with Crippen LogP contribution in [0.25, 0.3) is 17.1 Å². The number of amides is 2. The van der Waals surface area contributed by atoms with Crippen LogP contribution in [0.15, 0.2) is 35.2 Å². The van der Waals surface area contributed by atoms with Crippen molar-refractivity contribution in [2.75, 3.05) is 26.2 Å². The Balaban J connectivity index is 1.60. The molecule has 5 rings (SSSR count). The number of rotatable bonds is 3. The van der Waals surface area contributed by atoms with Crippen LogP contribution in [0, 0.1) is 5.41 Å². The first-order valence-electron chi connectivity index (χ1n) is 9.28. The summed E-state index contributed by atoms with van der Waals surface area (Å²) in [5.41, 5.74) is 6.73. The Hall–Kier alpha value is -3.20. The lowest BCUT2D eigenvalue weighted by Crippen LogP contribution is -2.34. The van der Waals surface area contributed by atoms with E-state index >= 15 is 0 Å². The first-order chi connectivity index (χ1) is 13.6. The van der Waals surface area contributed by atoms with Crippen molar-refractivity contribution in [2.24, 2.45) is 11.1 Å². The molecule has 5 heterocycles. The largest absolute Gasteiger partial charge is 0.463 e. The maximum atomic E-state index is 13.4. The van der Waals surface area contributed by atoms with Gasteiger partial charge in [0.25, 0.3) is 11.8 Å². The fraction of sp³-hybridized carbons (Fsp3) is 0.368. The zero-order chi connectivity index (χ0) is 19.3. The van der Waals surface area contributed by atoms with Crippen LogP contribution >= 0.6 is 0 Å². The number of nitrogens with one attached hydrogen (secondary N) is 1. The average molecular weight is 380 g/mol. The summed E-state index contributed by atoms with van der Waals surface area (Å²) in [7, 11) is 0. The third-order valence-corrected chi connectivity index (χ3v) is 5.79. The first kappa shape index (κ1) is 16.9. The summed E-state index contributed by atoms with van der Waals surface area (Å²) >= 11 is 0. The van der Waals surface area contributed by atoms with Crippen molar-refractivity contribution < 1.29 is 14.0 Å². The van der Waals surface area contributed by atoms with E-state index in [1.165, 1.54) is 17.0 Å². The molecule has 1 unspecified atom stereocenters. The fourth-order valence-corrected chi connectivity index (χ4v) is 4.27. The number of hydrogen-bond acceptors (Lipinski definition) is 6.